The maximum atomic E-state index is 13.8. The quantitative estimate of drug-likeness (QED) is 0.0701. The molecule has 0 aliphatic carbocycles. The number of hydrogen-bond donors (Lipinski definition) is 6. The van der Waals surface area contributed by atoms with Crippen LogP contribution >= 0.6 is 22.6 Å². The highest BCUT2D eigenvalue weighted by Crippen LogP contribution is 2.36. The monoisotopic (exact) mass is 798 g/mol. The molecular formula is C32H27F4IN4O8. The van der Waals surface area contributed by atoms with E-state index in [1.807, 2.05) is 22.6 Å². The van der Waals surface area contributed by atoms with E-state index in [9.17, 15) is 27.8 Å². The first-order valence-electron chi connectivity index (χ1n) is 14.3. The number of nitrogens with one attached hydrogen (secondary N) is 2. The smallest absolute Gasteiger partial charge is 0.168 e. The summed E-state index contributed by atoms with van der Waals surface area (Å²) in [6.07, 6.45) is -0.553. The number of H-pyrrole nitrogens is 2. The van der Waals surface area contributed by atoms with Gasteiger partial charge in [0.1, 0.15) is 69.3 Å². The van der Waals surface area contributed by atoms with Crippen LogP contribution in [0.4, 0.5) is 17.6 Å². The van der Waals surface area contributed by atoms with Gasteiger partial charge in [0, 0.05) is 36.4 Å². The molecule has 49 heavy (non-hydrogen) atoms. The largest absolute Gasteiger partial charge is 0.490 e. The van der Waals surface area contributed by atoms with E-state index in [4.69, 9.17) is 29.2 Å². The van der Waals surface area contributed by atoms with Gasteiger partial charge < -0.3 is 39.4 Å². The molecule has 17 heteroatoms. The molecule has 2 unspecified atom stereocenters. The van der Waals surface area contributed by atoms with Gasteiger partial charge >= 0.3 is 0 Å². The Morgan fingerprint density at radius 3 is 1.82 bits per heavy atom. The Morgan fingerprint density at radius 2 is 1.24 bits per heavy atom. The number of aromatic amines is 2. The van der Waals surface area contributed by atoms with Crippen molar-refractivity contribution < 1.29 is 56.9 Å². The Bertz CT molecular complexity index is 2050. The van der Waals surface area contributed by atoms with Gasteiger partial charge in [0.2, 0.25) is 0 Å². The number of halogens is 5. The molecule has 6 N–H and O–H groups in total. The van der Waals surface area contributed by atoms with Crippen molar-refractivity contribution in [1.29, 1.82) is 0 Å². The molecule has 0 saturated carbocycles. The molecule has 2 atom stereocenters. The Morgan fingerprint density at radius 1 is 0.694 bits per heavy atom. The molecule has 12 nitrogen and oxygen atoms in total. The van der Waals surface area contributed by atoms with Crippen LogP contribution in [0.1, 0.15) is 0 Å². The highest BCUT2D eigenvalue weighted by Gasteiger charge is 2.16. The van der Waals surface area contributed by atoms with Gasteiger partial charge in [-0.3, -0.25) is 10.2 Å². The minimum atomic E-state index is -1.04. The van der Waals surface area contributed by atoms with Crippen molar-refractivity contribution in [2.24, 2.45) is 0 Å². The maximum absolute atomic E-state index is 13.8. The summed E-state index contributed by atoms with van der Waals surface area (Å²) in [5, 5.41) is 51.4. The topological polar surface area (TPSA) is 175 Å². The summed E-state index contributed by atoms with van der Waals surface area (Å²) >= 11 is 2.04. The molecule has 0 aliphatic rings. The zero-order valence-electron chi connectivity index (χ0n) is 25.0. The van der Waals surface area contributed by atoms with Crippen molar-refractivity contribution in [3.8, 4) is 34.5 Å². The molecule has 2 aromatic heterocycles. The molecule has 6 rings (SSSR count). The number of ether oxygens (including phenoxy) is 4. The van der Waals surface area contributed by atoms with E-state index in [-0.39, 0.29) is 36.2 Å². The van der Waals surface area contributed by atoms with E-state index >= 15 is 0 Å². The fourth-order valence-electron chi connectivity index (χ4n) is 4.24. The van der Waals surface area contributed by atoms with Crippen molar-refractivity contribution in [2.45, 2.75) is 12.2 Å². The van der Waals surface area contributed by atoms with E-state index < -0.39 is 48.7 Å². The van der Waals surface area contributed by atoms with Crippen LogP contribution in [0.15, 0.2) is 66.9 Å². The standard InChI is InChI=1S/C16H13F2IN2O4.C16H14F2N2O4/c17-8-1-2-13(11(18)3-8)25-10-4-12-15(16(19)21-20-12)14(5-10)24-7-9(23)6-22;17-9-1-2-15(13(18)3-9)24-11-4-14-12(6-19-20-14)16(5-11)23-8-10(22)7-21/h1-5,9,22-23H,6-7H2,(H,20,21);1-6,10,21-22H,7-8H2,(H,19,20). The molecule has 0 fully saturated rings. The van der Waals surface area contributed by atoms with Crippen LogP contribution in [0.2, 0.25) is 0 Å². The fraction of sp³-hybridized carbons (Fsp3) is 0.188. The van der Waals surface area contributed by atoms with E-state index in [0.29, 0.717) is 37.0 Å². The zero-order valence-corrected chi connectivity index (χ0v) is 27.2. The Hall–Kier alpha value is -4.69. The Balaban J connectivity index is 0.000000191. The van der Waals surface area contributed by atoms with E-state index in [2.05, 4.69) is 20.4 Å². The van der Waals surface area contributed by atoms with Crippen molar-refractivity contribution in [2.75, 3.05) is 26.4 Å². The lowest BCUT2D eigenvalue weighted by Gasteiger charge is -2.13. The molecule has 0 bridgehead atoms. The first-order chi connectivity index (χ1) is 23.5. The number of benzene rings is 4. The maximum Gasteiger partial charge on any atom is 0.168 e. The van der Waals surface area contributed by atoms with Gasteiger partial charge in [0.25, 0.3) is 0 Å². The number of hydrogen-bond acceptors (Lipinski definition) is 10. The van der Waals surface area contributed by atoms with Crippen LogP contribution in [0, 0.1) is 27.0 Å². The molecule has 4 aromatic carbocycles. The summed E-state index contributed by atoms with van der Waals surface area (Å²) < 4.78 is 76.0. The molecule has 258 valence electrons. The van der Waals surface area contributed by atoms with Gasteiger partial charge in [-0.25, -0.2) is 17.6 Å². The lowest BCUT2D eigenvalue weighted by molar-refractivity contribution is 0.0540. The third kappa shape index (κ3) is 9.06. The minimum Gasteiger partial charge on any atom is -0.490 e. The molecule has 0 radical (unpaired) electrons. The van der Waals surface area contributed by atoms with Gasteiger partial charge in [-0.05, 0) is 46.9 Å². The van der Waals surface area contributed by atoms with Gasteiger partial charge in [-0.15, -0.1) is 0 Å². The molecule has 0 spiro atoms. The van der Waals surface area contributed by atoms with Crippen LogP contribution in [0.5, 0.6) is 34.5 Å². The molecule has 2 heterocycles. The van der Waals surface area contributed by atoms with Gasteiger partial charge in [0.05, 0.1) is 35.7 Å². The highest BCUT2D eigenvalue weighted by atomic mass is 127. The van der Waals surface area contributed by atoms with Crippen LogP contribution in [0.25, 0.3) is 21.8 Å². The first kappa shape index (κ1) is 35.6. The second kappa shape index (κ2) is 16.1. The SMILES string of the molecule is OCC(O)COc1cc(Oc2ccc(F)cc2F)cc2[nH]ncc12.OCC(O)COc1cc(Oc2ccc(F)cc2F)cc2n[nH]c(I)c12. The second-order valence-corrected chi connectivity index (χ2v) is 11.3. The normalized spacial score (nSPS) is 12.3. The zero-order chi connectivity index (χ0) is 35.1. The van der Waals surface area contributed by atoms with Crippen molar-refractivity contribution in [1.82, 2.24) is 20.4 Å². The molecule has 6 aromatic rings. The number of nitrogens with zero attached hydrogens (tertiary/aromatic N) is 2. The van der Waals surface area contributed by atoms with Crippen LogP contribution in [-0.4, -0.2) is 79.5 Å². The Kier molecular flexibility index (Phi) is 11.7. The molecule has 0 aliphatic heterocycles. The van der Waals surface area contributed by atoms with Crippen molar-refractivity contribution in [3.05, 3.63) is 93.8 Å². The van der Waals surface area contributed by atoms with Crippen LogP contribution < -0.4 is 18.9 Å². The predicted molar refractivity (Wildman–Crippen MR) is 175 cm³/mol. The minimum absolute atomic E-state index is 0.134. The van der Waals surface area contributed by atoms with Crippen LogP contribution in [0.3, 0.4) is 0 Å². The Labute approximate surface area is 288 Å². The molecular weight excluding hydrogens is 771 g/mol. The summed E-state index contributed by atoms with van der Waals surface area (Å²) in [4.78, 5) is 0. The number of aliphatic hydroxyl groups is 4. The average molecular weight is 798 g/mol. The van der Waals surface area contributed by atoms with Crippen molar-refractivity contribution >= 4 is 44.4 Å². The third-order valence-electron chi connectivity index (χ3n) is 6.57. The first-order valence-corrected chi connectivity index (χ1v) is 15.4. The molecule has 0 amide bonds. The number of aliphatic hydroxyl groups excluding tert-OH is 4. The highest BCUT2D eigenvalue weighted by molar-refractivity contribution is 14.1. The summed E-state index contributed by atoms with van der Waals surface area (Å²) in [7, 11) is 0. The number of rotatable bonds is 12. The summed E-state index contributed by atoms with van der Waals surface area (Å²) in [5.74, 6) is -2.21. The second-order valence-electron chi connectivity index (χ2n) is 10.3. The van der Waals surface area contributed by atoms with Crippen LogP contribution in [-0.2, 0) is 0 Å². The van der Waals surface area contributed by atoms with Gasteiger partial charge in [-0.1, -0.05) is 0 Å². The van der Waals surface area contributed by atoms with E-state index in [1.54, 1.807) is 12.1 Å². The fourth-order valence-corrected chi connectivity index (χ4v) is 4.90. The van der Waals surface area contributed by atoms with Gasteiger partial charge in [0.15, 0.2) is 23.1 Å². The summed E-state index contributed by atoms with van der Waals surface area (Å²) in [6, 6.07) is 12.1. The lowest BCUT2D eigenvalue weighted by atomic mass is 10.2. The summed E-state index contributed by atoms with van der Waals surface area (Å²) in [5.41, 5.74) is 1.08. The van der Waals surface area contributed by atoms with Crippen molar-refractivity contribution in [3.63, 3.8) is 0 Å². The van der Waals surface area contributed by atoms with E-state index in [0.717, 1.165) is 24.3 Å². The summed E-state index contributed by atoms with van der Waals surface area (Å²) in [6.45, 7) is -1.15. The van der Waals surface area contributed by atoms with Gasteiger partial charge in [-0.2, -0.15) is 10.2 Å². The van der Waals surface area contributed by atoms with E-state index in [1.165, 1.54) is 30.5 Å². The lowest BCUT2D eigenvalue weighted by Crippen LogP contribution is -2.21. The third-order valence-corrected chi connectivity index (χ3v) is 7.35. The number of fused-ring (bicyclic) bond motifs is 2. The number of aromatic nitrogens is 4. The average Bonchev–Trinajstić information content (AvgIpc) is 3.71. The molecule has 0 saturated heterocycles. The predicted octanol–water partition coefficient (Wildman–Crippen LogP) is 5.34.